The maximum absolute atomic E-state index is 5.67. The average molecular weight is 295 g/mol. The maximum Gasteiger partial charge on any atom is 0.191 e. The normalized spacial score (nSPS) is 25.2. The number of nitrogens with one attached hydrogen (secondary N) is 2. The summed E-state index contributed by atoms with van der Waals surface area (Å²) in [4.78, 5) is 4.86. The van der Waals surface area contributed by atoms with Crippen molar-refractivity contribution in [3.63, 3.8) is 0 Å². The highest BCUT2D eigenvalue weighted by Gasteiger charge is 2.31. The summed E-state index contributed by atoms with van der Waals surface area (Å²) >= 11 is 0. The van der Waals surface area contributed by atoms with E-state index in [-0.39, 0.29) is 0 Å². The minimum Gasteiger partial charge on any atom is -0.378 e. The lowest BCUT2D eigenvalue weighted by Crippen LogP contribution is -2.39. The van der Waals surface area contributed by atoms with Crippen LogP contribution in [0.4, 0.5) is 0 Å². The van der Waals surface area contributed by atoms with E-state index >= 15 is 0 Å². The van der Waals surface area contributed by atoms with Crippen molar-refractivity contribution >= 4 is 5.96 Å². The highest BCUT2D eigenvalue weighted by Crippen LogP contribution is 2.41. The molecule has 0 aromatic rings. The summed E-state index contributed by atoms with van der Waals surface area (Å²) in [5.74, 6) is 0.982. The molecular formula is C17H33N3O. The van der Waals surface area contributed by atoms with Crippen LogP contribution in [0.2, 0.25) is 0 Å². The summed E-state index contributed by atoms with van der Waals surface area (Å²) in [5, 5.41) is 6.84. The molecule has 0 amide bonds. The third-order valence-electron chi connectivity index (χ3n) is 5.11. The highest BCUT2D eigenvalue weighted by molar-refractivity contribution is 5.79. The Morgan fingerprint density at radius 1 is 1.19 bits per heavy atom. The summed E-state index contributed by atoms with van der Waals surface area (Å²) in [7, 11) is 0. The molecule has 0 spiro atoms. The molecule has 2 N–H and O–H groups in total. The highest BCUT2D eigenvalue weighted by atomic mass is 16.5. The Morgan fingerprint density at radius 3 is 2.62 bits per heavy atom. The Labute approximate surface area is 130 Å². The van der Waals surface area contributed by atoms with Gasteiger partial charge in [-0.25, -0.2) is 0 Å². The first-order valence-corrected chi connectivity index (χ1v) is 8.92. The number of rotatable bonds is 7. The first kappa shape index (κ1) is 16.6. The van der Waals surface area contributed by atoms with Gasteiger partial charge in [0.25, 0.3) is 0 Å². The molecule has 0 radical (unpaired) electrons. The van der Waals surface area contributed by atoms with Gasteiger partial charge in [0.05, 0.1) is 6.10 Å². The largest absolute Gasteiger partial charge is 0.378 e. The van der Waals surface area contributed by atoms with Gasteiger partial charge in [-0.2, -0.15) is 0 Å². The van der Waals surface area contributed by atoms with E-state index in [1.165, 1.54) is 44.9 Å². The summed E-state index contributed by atoms with van der Waals surface area (Å²) < 4.78 is 5.67. The Hall–Kier alpha value is -0.770. The summed E-state index contributed by atoms with van der Waals surface area (Å²) in [6.45, 7) is 8.23. The molecule has 4 nitrogen and oxygen atoms in total. The molecule has 2 rings (SSSR count). The van der Waals surface area contributed by atoms with Crippen LogP contribution in [-0.2, 0) is 4.74 Å². The summed E-state index contributed by atoms with van der Waals surface area (Å²) in [5.41, 5.74) is 0.469. The zero-order valence-electron chi connectivity index (χ0n) is 13.9. The fraction of sp³-hybridized carbons (Fsp3) is 0.941. The molecule has 1 unspecified atom stereocenters. The predicted octanol–water partition coefficient (Wildman–Crippen LogP) is 3.08. The number of aliphatic imine (C=N–C) groups is 1. The van der Waals surface area contributed by atoms with Crippen molar-refractivity contribution in [1.29, 1.82) is 0 Å². The van der Waals surface area contributed by atoms with E-state index in [0.29, 0.717) is 11.5 Å². The van der Waals surface area contributed by atoms with E-state index in [2.05, 4.69) is 24.5 Å². The molecule has 21 heavy (non-hydrogen) atoms. The lowest BCUT2D eigenvalue weighted by molar-refractivity contribution is 0.105. The quantitative estimate of drug-likeness (QED) is 0.560. The first-order valence-electron chi connectivity index (χ1n) is 8.92. The number of ether oxygens (including phenoxy) is 1. The third kappa shape index (κ3) is 5.17. The number of guanidine groups is 1. The number of hydrogen-bond acceptors (Lipinski definition) is 2. The van der Waals surface area contributed by atoms with Crippen LogP contribution in [-0.4, -0.2) is 38.3 Å². The van der Waals surface area contributed by atoms with Crippen molar-refractivity contribution in [3.8, 4) is 0 Å². The molecule has 0 aromatic carbocycles. The van der Waals surface area contributed by atoms with Gasteiger partial charge in [-0.05, 0) is 50.9 Å². The number of hydrogen-bond donors (Lipinski definition) is 2. The van der Waals surface area contributed by atoms with Crippen LogP contribution in [0.5, 0.6) is 0 Å². The molecular weight excluding hydrogens is 262 g/mol. The van der Waals surface area contributed by atoms with Gasteiger partial charge in [0.15, 0.2) is 5.96 Å². The van der Waals surface area contributed by atoms with Crippen molar-refractivity contribution in [2.24, 2.45) is 10.4 Å². The lowest BCUT2D eigenvalue weighted by Gasteiger charge is -2.25. The Balaban J connectivity index is 1.77. The minimum absolute atomic E-state index is 0.456. The smallest absolute Gasteiger partial charge is 0.191 e. The van der Waals surface area contributed by atoms with Gasteiger partial charge in [0.1, 0.15) is 0 Å². The lowest BCUT2D eigenvalue weighted by atomic mass is 9.84. The molecule has 1 heterocycles. The van der Waals surface area contributed by atoms with E-state index in [9.17, 15) is 0 Å². The van der Waals surface area contributed by atoms with Gasteiger partial charge >= 0.3 is 0 Å². The van der Waals surface area contributed by atoms with Crippen molar-refractivity contribution in [3.05, 3.63) is 0 Å². The van der Waals surface area contributed by atoms with Gasteiger partial charge in [-0.15, -0.1) is 0 Å². The molecule has 0 bridgehead atoms. The average Bonchev–Trinajstić information content (AvgIpc) is 3.17. The van der Waals surface area contributed by atoms with Crippen LogP contribution in [0.25, 0.3) is 0 Å². The fourth-order valence-electron chi connectivity index (χ4n) is 3.56. The van der Waals surface area contributed by atoms with Gasteiger partial charge < -0.3 is 15.4 Å². The van der Waals surface area contributed by atoms with Crippen LogP contribution in [0.15, 0.2) is 4.99 Å². The minimum atomic E-state index is 0.456. The van der Waals surface area contributed by atoms with Crippen molar-refractivity contribution in [2.45, 2.75) is 71.3 Å². The number of nitrogens with zero attached hydrogens (tertiary/aromatic N) is 1. The zero-order chi connectivity index (χ0) is 15.0. The first-order chi connectivity index (χ1) is 10.3. The van der Waals surface area contributed by atoms with Crippen LogP contribution in [0.3, 0.4) is 0 Å². The van der Waals surface area contributed by atoms with E-state index in [1.54, 1.807) is 0 Å². The van der Waals surface area contributed by atoms with E-state index < -0.39 is 0 Å². The third-order valence-corrected chi connectivity index (χ3v) is 5.11. The van der Waals surface area contributed by atoms with Crippen LogP contribution < -0.4 is 10.6 Å². The van der Waals surface area contributed by atoms with Crippen molar-refractivity contribution < 1.29 is 4.74 Å². The maximum atomic E-state index is 5.67. The van der Waals surface area contributed by atoms with Crippen LogP contribution in [0, 0.1) is 5.41 Å². The standard InChI is InChI=1S/C17H33N3O/c1-3-17(10-5-6-11-17)14-20-16(18-4-2)19-12-9-15-8-7-13-21-15/h15H,3-14H2,1-2H3,(H2,18,19,20). The molecule has 1 aliphatic heterocycles. The van der Waals surface area contributed by atoms with Gasteiger partial charge in [0, 0.05) is 26.2 Å². The molecule has 4 heteroatoms. The van der Waals surface area contributed by atoms with Gasteiger partial charge in [0.2, 0.25) is 0 Å². The van der Waals surface area contributed by atoms with E-state index in [1.807, 2.05) is 0 Å². The van der Waals surface area contributed by atoms with Crippen LogP contribution in [0.1, 0.15) is 65.2 Å². The summed E-state index contributed by atoms with van der Waals surface area (Å²) in [6, 6.07) is 0. The molecule has 0 aromatic heterocycles. The van der Waals surface area contributed by atoms with Gasteiger partial charge in [-0.1, -0.05) is 19.8 Å². The molecule has 2 aliphatic rings. The Morgan fingerprint density at radius 2 is 2.00 bits per heavy atom. The van der Waals surface area contributed by atoms with Crippen LogP contribution >= 0.6 is 0 Å². The summed E-state index contributed by atoms with van der Waals surface area (Å²) in [6.07, 6.45) is 10.7. The second kappa shape index (κ2) is 8.62. The van der Waals surface area contributed by atoms with Gasteiger partial charge in [-0.3, -0.25) is 4.99 Å². The monoisotopic (exact) mass is 295 g/mol. The molecule has 2 fully saturated rings. The molecule has 122 valence electrons. The van der Waals surface area contributed by atoms with E-state index in [0.717, 1.165) is 38.6 Å². The molecule has 1 saturated heterocycles. The second-order valence-corrected chi connectivity index (χ2v) is 6.61. The SMILES string of the molecule is CCNC(=NCC1(CC)CCCC1)NCCC1CCCO1. The second-order valence-electron chi connectivity index (χ2n) is 6.61. The topological polar surface area (TPSA) is 45.7 Å². The zero-order valence-corrected chi connectivity index (χ0v) is 13.9. The van der Waals surface area contributed by atoms with Crippen molar-refractivity contribution in [2.75, 3.05) is 26.2 Å². The molecule has 1 saturated carbocycles. The Kier molecular flexibility index (Phi) is 6.81. The molecule has 1 aliphatic carbocycles. The predicted molar refractivity (Wildman–Crippen MR) is 88.8 cm³/mol. The van der Waals surface area contributed by atoms with Crippen molar-refractivity contribution in [1.82, 2.24) is 10.6 Å². The molecule has 1 atom stereocenters. The fourth-order valence-corrected chi connectivity index (χ4v) is 3.56. The van der Waals surface area contributed by atoms with E-state index in [4.69, 9.17) is 9.73 Å². The Bertz CT molecular complexity index is 318.